The molecule has 1 amide bonds. The van der Waals surface area contributed by atoms with E-state index >= 15 is 0 Å². The monoisotopic (exact) mass is 276 g/mol. The summed E-state index contributed by atoms with van der Waals surface area (Å²) in [5.41, 5.74) is 0.562. The van der Waals surface area contributed by atoms with Crippen LogP contribution < -0.4 is 0 Å². The molecular formula is C15H24N4O. The number of carbonyl (C=O) groups is 1. The van der Waals surface area contributed by atoms with Crippen molar-refractivity contribution in [2.45, 2.75) is 32.7 Å². The normalized spacial score (nSPS) is 20.1. The Morgan fingerprint density at radius 3 is 2.80 bits per heavy atom. The molecule has 0 saturated carbocycles. The molecule has 1 unspecified atom stereocenters. The number of likely N-dealkylation sites (tertiary alicyclic amines) is 1. The molecule has 1 aromatic heterocycles. The maximum absolute atomic E-state index is 12.3. The molecule has 1 aromatic rings. The lowest BCUT2D eigenvalue weighted by atomic mass is 9.96. The summed E-state index contributed by atoms with van der Waals surface area (Å²) >= 11 is 0. The van der Waals surface area contributed by atoms with Crippen LogP contribution in [-0.4, -0.2) is 58.4 Å². The summed E-state index contributed by atoms with van der Waals surface area (Å²) in [7, 11) is 1.86. The maximum Gasteiger partial charge on any atom is 0.256 e. The van der Waals surface area contributed by atoms with Crippen molar-refractivity contribution < 1.29 is 4.79 Å². The number of piperidine rings is 1. The predicted molar refractivity (Wildman–Crippen MR) is 78.4 cm³/mol. The fraction of sp³-hybridized carbons (Fsp3) is 0.667. The zero-order chi connectivity index (χ0) is 14.5. The third-order valence-corrected chi connectivity index (χ3v) is 3.97. The van der Waals surface area contributed by atoms with Crippen LogP contribution in [0.25, 0.3) is 0 Å². The molecule has 0 radical (unpaired) electrons. The number of amides is 1. The van der Waals surface area contributed by atoms with Crippen LogP contribution in [0.4, 0.5) is 0 Å². The Hall–Kier alpha value is -1.49. The Labute approximate surface area is 121 Å². The average Bonchev–Trinajstić information content (AvgIpc) is 2.47. The highest BCUT2D eigenvalue weighted by Crippen LogP contribution is 2.19. The molecule has 1 fully saturated rings. The third kappa shape index (κ3) is 3.76. The zero-order valence-corrected chi connectivity index (χ0v) is 12.6. The van der Waals surface area contributed by atoms with Gasteiger partial charge in [-0.25, -0.2) is 9.97 Å². The van der Waals surface area contributed by atoms with Gasteiger partial charge in [0.2, 0.25) is 0 Å². The Morgan fingerprint density at radius 1 is 1.45 bits per heavy atom. The first-order valence-electron chi connectivity index (χ1n) is 7.32. The van der Waals surface area contributed by atoms with Gasteiger partial charge in [-0.05, 0) is 39.2 Å². The molecule has 110 valence electrons. The van der Waals surface area contributed by atoms with Gasteiger partial charge < -0.3 is 9.80 Å². The van der Waals surface area contributed by atoms with E-state index in [1.807, 2.05) is 7.05 Å². The number of hydrogen-bond donors (Lipinski definition) is 0. The van der Waals surface area contributed by atoms with E-state index in [9.17, 15) is 4.79 Å². The molecule has 5 heteroatoms. The highest BCUT2D eigenvalue weighted by atomic mass is 16.2. The summed E-state index contributed by atoms with van der Waals surface area (Å²) in [5.74, 6) is 0.567. The van der Waals surface area contributed by atoms with Crippen LogP contribution in [-0.2, 0) is 0 Å². The van der Waals surface area contributed by atoms with Crippen LogP contribution in [0.1, 0.15) is 37.0 Å². The van der Waals surface area contributed by atoms with E-state index in [-0.39, 0.29) is 5.91 Å². The summed E-state index contributed by atoms with van der Waals surface area (Å²) in [4.78, 5) is 24.4. The van der Waals surface area contributed by atoms with Crippen molar-refractivity contribution in [2.24, 2.45) is 5.92 Å². The van der Waals surface area contributed by atoms with Gasteiger partial charge in [-0.3, -0.25) is 4.79 Å². The highest BCUT2D eigenvalue weighted by molar-refractivity contribution is 5.93. The van der Waals surface area contributed by atoms with Crippen LogP contribution in [0, 0.1) is 5.92 Å². The number of hydrogen-bond acceptors (Lipinski definition) is 4. The predicted octanol–water partition coefficient (Wildman–Crippen LogP) is 1.67. The third-order valence-electron chi connectivity index (χ3n) is 3.97. The Morgan fingerprint density at radius 2 is 2.15 bits per heavy atom. The SMILES string of the molecule is CC(C)N1CCCC(CN(C)C(=O)c2cncnc2)C1. The van der Waals surface area contributed by atoms with Gasteiger partial charge in [-0.15, -0.1) is 0 Å². The first-order chi connectivity index (χ1) is 9.58. The van der Waals surface area contributed by atoms with E-state index in [0.717, 1.165) is 13.1 Å². The minimum absolute atomic E-state index is 0.00673. The topological polar surface area (TPSA) is 49.3 Å². The van der Waals surface area contributed by atoms with Gasteiger partial charge >= 0.3 is 0 Å². The minimum atomic E-state index is 0.00673. The van der Waals surface area contributed by atoms with Gasteiger partial charge in [0, 0.05) is 38.6 Å². The van der Waals surface area contributed by atoms with E-state index in [1.54, 1.807) is 17.3 Å². The molecule has 2 rings (SSSR count). The molecule has 0 aromatic carbocycles. The molecule has 1 aliphatic rings. The largest absolute Gasteiger partial charge is 0.341 e. The summed E-state index contributed by atoms with van der Waals surface area (Å²) in [6, 6.07) is 0.585. The molecule has 1 aliphatic heterocycles. The summed E-state index contributed by atoms with van der Waals surface area (Å²) < 4.78 is 0. The fourth-order valence-corrected chi connectivity index (χ4v) is 2.82. The van der Waals surface area contributed by atoms with Gasteiger partial charge in [0.05, 0.1) is 5.56 Å². The second kappa shape index (κ2) is 6.79. The molecule has 0 N–H and O–H groups in total. The maximum atomic E-state index is 12.3. The Kier molecular flexibility index (Phi) is 5.06. The molecule has 0 aliphatic carbocycles. The summed E-state index contributed by atoms with van der Waals surface area (Å²) in [6.45, 7) is 7.53. The smallest absolute Gasteiger partial charge is 0.256 e. The molecule has 2 heterocycles. The molecule has 1 atom stereocenters. The van der Waals surface area contributed by atoms with Crippen molar-refractivity contribution >= 4 is 5.91 Å². The second-order valence-corrected chi connectivity index (χ2v) is 5.91. The minimum Gasteiger partial charge on any atom is -0.341 e. The fourth-order valence-electron chi connectivity index (χ4n) is 2.82. The van der Waals surface area contributed by atoms with Crippen LogP contribution >= 0.6 is 0 Å². The zero-order valence-electron chi connectivity index (χ0n) is 12.6. The van der Waals surface area contributed by atoms with E-state index in [2.05, 4.69) is 28.7 Å². The average molecular weight is 276 g/mol. The number of aromatic nitrogens is 2. The van der Waals surface area contributed by atoms with Gasteiger partial charge in [-0.2, -0.15) is 0 Å². The lowest BCUT2D eigenvalue weighted by Gasteiger charge is -2.37. The number of rotatable bonds is 4. The molecule has 5 nitrogen and oxygen atoms in total. The van der Waals surface area contributed by atoms with E-state index in [0.29, 0.717) is 17.5 Å². The molecule has 1 saturated heterocycles. The van der Waals surface area contributed by atoms with Crippen molar-refractivity contribution in [1.82, 2.24) is 19.8 Å². The van der Waals surface area contributed by atoms with Crippen molar-refractivity contribution in [3.05, 3.63) is 24.3 Å². The number of carbonyl (C=O) groups excluding carboxylic acids is 1. The van der Waals surface area contributed by atoms with Crippen LogP contribution in [0.2, 0.25) is 0 Å². The van der Waals surface area contributed by atoms with Gasteiger partial charge in [0.1, 0.15) is 6.33 Å². The quantitative estimate of drug-likeness (QED) is 0.839. The van der Waals surface area contributed by atoms with E-state index in [4.69, 9.17) is 0 Å². The van der Waals surface area contributed by atoms with Gasteiger partial charge in [0.15, 0.2) is 0 Å². The van der Waals surface area contributed by atoms with Crippen molar-refractivity contribution in [3.8, 4) is 0 Å². The lowest BCUT2D eigenvalue weighted by molar-refractivity contribution is 0.0708. The standard InChI is InChI=1S/C15H24N4O/c1-12(2)19-6-4-5-13(10-19)9-18(3)15(20)14-7-16-11-17-8-14/h7-8,11-13H,4-6,9-10H2,1-3H3. The van der Waals surface area contributed by atoms with Gasteiger partial charge in [0.25, 0.3) is 5.91 Å². The first kappa shape index (κ1) is 14.9. The van der Waals surface area contributed by atoms with Gasteiger partial charge in [-0.1, -0.05) is 0 Å². The lowest BCUT2D eigenvalue weighted by Crippen LogP contribution is -2.44. The Bertz CT molecular complexity index is 435. The molecule has 0 bridgehead atoms. The van der Waals surface area contributed by atoms with Crippen LogP contribution in [0.3, 0.4) is 0 Å². The molecular weight excluding hydrogens is 252 g/mol. The van der Waals surface area contributed by atoms with Crippen LogP contribution in [0.15, 0.2) is 18.7 Å². The highest BCUT2D eigenvalue weighted by Gasteiger charge is 2.24. The van der Waals surface area contributed by atoms with Crippen LogP contribution in [0.5, 0.6) is 0 Å². The van der Waals surface area contributed by atoms with Crippen molar-refractivity contribution in [1.29, 1.82) is 0 Å². The van der Waals surface area contributed by atoms with E-state index < -0.39 is 0 Å². The van der Waals surface area contributed by atoms with Crippen molar-refractivity contribution in [3.63, 3.8) is 0 Å². The molecule has 0 spiro atoms. The first-order valence-corrected chi connectivity index (χ1v) is 7.32. The summed E-state index contributed by atoms with van der Waals surface area (Å²) in [5, 5.41) is 0. The van der Waals surface area contributed by atoms with Crippen molar-refractivity contribution in [2.75, 3.05) is 26.7 Å². The summed E-state index contributed by atoms with van der Waals surface area (Å²) in [6.07, 6.45) is 7.02. The van der Waals surface area contributed by atoms with E-state index in [1.165, 1.54) is 25.7 Å². The second-order valence-electron chi connectivity index (χ2n) is 5.91. The number of nitrogens with zero attached hydrogens (tertiary/aromatic N) is 4. The Balaban J connectivity index is 1.91. The molecule has 20 heavy (non-hydrogen) atoms.